The summed E-state index contributed by atoms with van der Waals surface area (Å²) in [7, 11) is 0. The minimum atomic E-state index is -0.486. The van der Waals surface area contributed by atoms with E-state index in [0.29, 0.717) is 13.2 Å². The number of alkyl carbamates (subject to hydrolysis) is 1. The Kier molecular flexibility index (Phi) is 7.69. The lowest BCUT2D eigenvalue weighted by Gasteiger charge is -2.26. The maximum Gasteiger partial charge on any atom is 0.408 e. The predicted molar refractivity (Wildman–Crippen MR) is 123 cm³/mol. The lowest BCUT2D eigenvalue weighted by atomic mass is 10.1. The summed E-state index contributed by atoms with van der Waals surface area (Å²) in [6, 6.07) is 29.2. The van der Waals surface area contributed by atoms with Gasteiger partial charge in [0.1, 0.15) is 18.8 Å². The highest BCUT2D eigenvalue weighted by atomic mass is 16.6. The van der Waals surface area contributed by atoms with Gasteiger partial charge in [-0.05, 0) is 16.7 Å². The molecule has 5 heteroatoms. The van der Waals surface area contributed by atoms with E-state index < -0.39 is 6.09 Å². The number of carbonyl (C=O) groups excluding carboxylic acids is 1. The largest absolute Gasteiger partial charge is 0.445 e. The van der Waals surface area contributed by atoms with Crippen LogP contribution in [0, 0.1) is 0 Å². The van der Waals surface area contributed by atoms with Gasteiger partial charge in [-0.25, -0.2) is 4.79 Å². The van der Waals surface area contributed by atoms with Gasteiger partial charge in [-0.1, -0.05) is 103 Å². The van der Waals surface area contributed by atoms with Crippen molar-refractivity contribution < 1.29 is 19.0 Å². The van der Waals surface area contributed by atoms with Crippen LogP contribution in [0.1, 0.15) is 16.7 Å². The van der Waals surface area contributed by atoms with Crippen molar-refractivity contribution in [1.82, 2.24) is 5.32 Å². The molecule has 1 N–H and O–H groups in total. The highest BCUT2D eigenvalue weighted by Gasteiger charge is 2.35. The lowest BCUT2D eigenvalue weighted by Crippen LogP contribution is -2.45. The van der Waals surface area contributed by atoms with Gasteiger partial charge in [0.15, 0.2) is 0 Å². The molecular formula is C27H27NO4. The molecule has 0 heterocycles. The second kappa shape index (κ2) is 11.3. The van der Waals surface area contributed by atoms with E-state index in [2.05, 4.69) is 5.32 Å². The van der Waals surface area contributed by atoms with Gasteiger partial charge < -0.3 is 19.5 Å². The predicted octanol–water partition coefficient (Wildman–Crippen LogP) is 5.02. The minimum Gasteiger partial charge on any atom is -0.445 e. The van der Waals surface area contributed by atoms with Gasteiger partial charge in [0.2, 0.25) is 0 Å². The Morgan fingerprint density at radius 3 is 1.72 bits per heavy atom. The molecule has 5 nitrogen and oxygen atoms in total. The van der Waals surface area contributed by atoms with Crippen molar-refractivity contribution in [3.05, 3.63) is 120 Å². The fourth-order valence-electron chi connectivity index (χ4n) is 3.57. The van der Waals surface area contributed by atoms with Gasteiger partial charge in [-0.15, -0.1) is 0 Å². The van der Waals surface area contributed by atoms with Crippen LogP contribution in [-0.2, 0) is 34.0 Å². The second-order valence-corrected chi connectivity index (χ2v) is 7.64. The molecule has 3 atom stereocenters. The SMILES string of the molecule is O=C(N[C@@H]1C=C[C@@H](OCc2ccccc2)[C@@H]1OCc1ccccc1)OCc1ccccc1. The van der Waals surface area contributed by atoms with Crippen LogP contribution >= 0.6 is 0 Å². The van der Waals surface area contributed by atoms with Gasteiger partial charge in [-0.2, -0.15) is 0 Å². The molecule has 0 aromatic heterocycles. The Balaban J connectivity index is 1.36. The molecular weight excluding hydrogens is 402 g/mol. The van der Waals surface area contributed by atoms with Crippen LogP contribution < -0.4 is 5.32 Å². The third-order valence-electron chi connectivity index (χ3n) is 5.25. The average Bonchev–Trinajstić information content (AvgIpc) is 3.23. The van der Waals surface area contributed by atoms with E-state index in [0.717, 1.165) is 16.7 Å². The van der Waals surface area contributed by atoms with Crippen molar-refractivity contribution in [2.45, 2.75) is 38.1 Å². The Labute approximate surface area is 188 Å². The number of rotatable bonds is 9. The molecule has 0 aliphatic heterocycles. The standard InChI is InChI=1S/C27H27NO4/c29-27(32-20-23-14-8-3-9-15-23)28-24-16-17-25(30-18-21-10-4-1-5-11-21)26(24)31-19-22-12-6-2-7-13-22/h1-17,24-26H,18-20H2,(H,28,29)/t24-,25-,26-/m1/s1. The highest BCUT2D eigenvalue weighted by molar-refractivity contribution is 5.68. The summed E-state index contributed by atoms with van der Waals surface area (Å²) in [4.78, 5) is 12.4. The molecule has 3 aromatic rings. The molecule has 1 aliphatic carbocycles. The maximum absolute atomic E-state index is 12.4. The van der Waals surface area contributed by atoms with Crippen LogP contribution in [0.5, 0.6) is 0 Å². The topological polar surface area (TPSA) is 56.8 Å². The zero-order chi connectivity index (χ0) is 22.0. The summed E-state index contributed by atoms with van der Waals surface area (Å²) in [6.45, 7) is 1.11. The molecule has 1 aliphatic rings. The van der Waals surface area contributed by atoms with E-state index in [1.54, 1.807) is 0 Å². The van der Waals surface area contributed by atoms with Gasteiger partial charge >= 0.3 is 6.09 Å². The first-order chi connectivity index (χ1) is 15.8. The van der Waals surface area contributed by atoms with Crippen molar-refractivity contribution in [3.63, 3.8) is 0 Å². The molecule has 1 amide bonds. The number of nitrogens with one attached hydrogen (secondary N) is 1. The molecule has 0 saturated heterocycles. The van der Waals surface area contributed by atoms with E-state index in [1.807, 2.05) is 103 Å². The molecule has 3 aromatic carbocycles. The first-order valence-electron chi connectivity index (χ1n) is 10.7. The number of hydrogen-bond acceptors (Lipinski definition) is 4. The van der Waals surface area contributed by atoms with E-state index in [1.165, 1.54) is 0 Å². The number of hydrogen-bond donors (Lipinski definition) is 1. The Morgan fingerprint density at radius 2 is 1.16 bits per heavy atom. The van der Waals surface area contributed by atoms with Crippen LogP contribution in [0.2, 0.25) is 0 Å². The third kappa shape index (κ3) is 6.30. The Hall–Kier alpha value is -3.41. The summed E-state index contributed by atoms with van der Waals surface area (Å²) < 4.78 is 17.7. The molecule has 0 radical (unpaired) electrons. The molecule has 0 spiro atoms. The van der Waals surface area contributed by atoms with Crippen LogP contribution in [0.4, 0.5) is 4.79 Å². The summed E-state index contributed by atoms with van der Waals surface area (Å²) >= 11 is 0. The summed E-state index contributed by atoms with van der Waals surface area (Å²) in [5, 5.41) is 2.91. The quantitative estimate of drug-likeness (QED) is 0.485. The first-order valence-corrected chi connectivity index (χ1v) is 10.7. The Bertz CT molecular complexity index is 992. The summed E-state index contributed by atoms with van der Waals surface area (Å²) in [5.41, 5.74) is 3.08. The molecule has 0 unspecified atom stereocenters. The van der Waals surface area contributed by atoms with E-state index in [9.17, 15) is 4.79 Å². The number of amides is 1. The van der Waals surface area contributed by atoms with Crippen LogP contribution in [0.25, 0.3) is 0 Å². The van der Waals surface area contributed by atoms with Crippen molar-refractivity contribution in [3.8, 4) is 0 Å². The van der Waals surface area contributed by atoms with Crippen molar-refractivity contribution in [2.24, 2.45) is 0 Å². The molecule has 32 heavy (non-hydrogen) atoms. The second-order valence-electron chi connectivity index (χ2n) is 7.64. The normalized spacial score (nSPS) is 19.6. The first kappa shape index (κ1) is 21.8. The van der Waals surface area contributed by atoms with Crippen molar-refractivity contribution in [2.75, 3.05) is 0 Å². The van der Waals surface area contributed by atoms with Crippen LogP contribution in [-0.4, -0.2) is 24.3 Å². The minimum absolute atomic E-state index is 0.215. The summed E-state index contributed by atoms with van der Waals surface area (Å²) in [6.07, 6.45) is 2.73. The molecule has 164 valence electrons. The highest BCUT2D eigenvalue weighted by Crippen LogP contribution is 2.22. The third-order valence-corrected chi connectivity index (χ3v) is 5.25. The van der Waals surface area contributed by atoms with Gasteiger partial charge in [0.05, 0.1) is 19.3 Å². The Morgan fingerprint density at radius 1 is 0.656 bits per heavy atom. The van der Waals surface area contributed by atoms with Gasteiger partial charge in [0, 0.05) is 0 Å². The van der Waals surface area contributed by atoms with E-state index >= 15 is 0 Å². The smallest absolute Gasteiger partial charge is 0.408 e. The average molecular weight is 430 g/mol. The van der Waals surface area contributed by atoms with Crippen molar-refractivity contribution in [1.29, 1.82) is 0 Å². The van der Waals surface area contributed by atoms with Gasteiger partial charge in [-0.3, -0.25) is 0 Å². The van der Waals surface area contributed by atoms with Crippen molar-refractivity contribution >= 4 is 6.09 Å². The number of benzene rings is 3. The molecule has 4 rings (SSSR count). The van der Waals surface area contributed by atoms with E-state index in [-0.39, 0.29) is 24.9 Å². The number of ether oxygens (including phenoxy) is 3. The number of carbonyl (C=O) groups is 1. The lowest BCUT2D eigenvalue weighted by molar-refractivity contribution is -0.0653. The molecule has 0 saturated carbocycles. The molecule has 0 bridgehead atoms. The monoisotopic (exact) mass is 429 g/mol. The summed E-state index contributed by atoms with van der Waals surface area (Å²) in [5.74, 6) is 0. The molecule has 0 fully saturated rings. The van der Waals surface area contributed by atoms with Crippen LogP contribution in [0.3, 0.4) is 0 Å². The zero-order valence-corrected chi connectivity index (χ0v) is 17.8. The fraction of sp³-hybridized carbons (Fsp3) is 0.222. The van der Waals surface area contributed by atoms with Gasteiger partial charge in [0.25, 0.3) is 0 Å². The van der Waals surface area contributed by atoms with Crippen LogP contribution in [0.15, 0.2) is 103 Å². The zero-order valence-electron chi connectivity index (χ0n) is 17.8. The maximum atomic E-state index is 12.4. The van der Waals surface area contributed by atoms with E-state index in [4.69, 9.17) is 14.2 Å². The fourth-order valence-corrected chi connectivity index (χ4v) is 3.57.